The second kappa shape index (κ2) is 7.57. The first-order chi connectivity index (χ1) is 10.7. The van der Waals surface area contributed by atoms with E-state index < -0.39 is 29.7 Å². The number of benzene rings is 1. The summed E-state index contributed by atoms with van der Waals surface area (Å²) < 4.78 is 18.3. The van der Waals surface area contributed by atoms with Crippen LogP contribution in [0.15, 0.2) is 12.1 Å². The van der Waals surface area contributed by atoms with Gasteiger partial charge in [-0.1, -0.05) is 6.92 Å². The van der Waals surface area contributed by atoms with Crippen LogP contribution in [0.25, 0.3) is 0 Å². The predicted molar refractivity (Wildman–Crippen MR) is 80.9 cm³/mol. The topological polar surface area (TPSA) is 95.9 Å². The summed E-state index contributed by atoms with van der Waals surface area (Å²) in [7, 11) is 2.57. The Balaban J connectivity index is 2.95. The van der Waals surface area contributed by atoms with Crippen molar-refractivity contribution in [3.05, 3.63) is 29.1 Å². The Kier molecular flexibility index (Phi) is 6.06. The second-order valence-electron chi connectivity index (χ2n) is 5.14. The largest absolute Gasteiger partial charge is 0.481 e. The fourth-order valence-corrected chi connectivity index (χ4v) is 1.95. The van der Waals surface area contributed by atoms with Gasteiger partial charge >= 0.3 is 18.0 Å². The quantitative estimate of drug-likeness (QED) is 0.808. The van der Waals surface area contributed by atoms with Crippen LogP contribution in [0.4, 0.5) is 14.9 Å². The Morgan fingerprint density at radius 3 is 2.52 bits per heavy atom. The molecule has 0 aliphatic rings. The zero-order valence-electron chi connectivity index (χ0n) is 13.3. The van der Waals surface area contributed by atoms with Gasteiger partial charge in [-0.15, -0.1) is 0 Å². The SMILES string of the molecule is COC(=O)c1c(F)ccc(NC(=O)N(C)CC(C)C(=O)O)c1C. The van der Waals surface area contributed by atoms with E-state index in [0.717, 1.165) is 13.2 Å². The van der Waals surface area contributed by atoms with Crippen molar-refractivity contribution < 1.29 is 28.6 Å². The molecule has 0 saturated carbocycles. The molecule has 0 aliphatic carbocycles. The van der Waals surface area contributed by atoms with E-state index >= 15 is 0 Å². The molecule has 8 heteroatoms. The number of nitrogens with one attached hydrogen (secondary N) is 1. The average molecular weight is 326 g/mol. The smallest absolute Gasteiger partial charge is 0.341 e. The molecule has 0 saturated heterocycles. The lowest BCUT2D eigenvalue weighted by Gasteiger charge is -2.21. The Labute approximate surface area is 133 Å². The van der Waals surface area contributed by atoms with Crippen molar-refractivity contribution in [1.82, 2.24) is 4.90 Å². The second-order valence-corrected chi connectivity index (χ2v) is 5.14. The first-order valence-corrected chi connectivity index (χ1v) is 6.81. The van der Waals surface area contributed by atoms with E-state index in [0.29, 0.717) is 0 Å². The maximum atomic E-state index is 13.7. The molecule has 7 nitrogen and oxygen atoms in total. The molecule has 0 aromatic heterocycles. The average Bonchev–Trinajstić information content (AvgIpc) is 2.49. The number of carbonyl (C=O) groups is 3. The molecular formula is C15H19FN2O5. The van der Waals surface area contributed by atoms with Crippen molar-refractivity contribution in [3.8, 4) is 0 Å². The van der Waals surface area contributed by atoms with Gasteiger partial charge in [0.2, 0.25) is 0 Å². The van der Waals surface area contributed by atoms with Crippen LogP contribution in [-0.4, -0.2) is 48.7 Å². The molecule has 0 spiro atoms. The van der Waals surface area contributed by atoms with E-state index in [1.807, 2.05) is 0 Å². The number of esters is 1. The Morgan fingerprint density at radius 2 is 2.00 bits per heavy atom. The van der Waals surface area contributed by atoms with Gasteiger partial charge in [0, 0.05) is 19.3 Å². The van der Waals surface area contributed by atoms with E-state index in [9.17, 15) is 18.8 Å². The van der Waals surface area contributed by atoms with Crippen LogP contribution in [-0.2, 0) is 9.53 Å². The maximum absolute atomic E-state index is 13.7. The van der Waals surface area contributed by atoms with Crippen molar-refractivity contribution in [1.29, 1.82) is 0 Å². The molecule has 2 amide bonds. The summed E-state index contributed by atoms with van der Waals surface area (Å²) in [5, 5.41) is 11.4. The number of hydrogen-bond donors (Lipinski definition) is 2. The third-order valence-electron chi connectivity index (χ3n) is 3.36. The Hall–Kier alpha value is -2.64. The van der Waals surface area contributed by atoms with Crippen LogP contribution in [0.1, 0.15) is 22.8 Å². The molecule has 0 heterocycles. The van der Waals surface area contributed by atoms with Crippen LogP contribution in [0.5, 0.6) is 0 Å². The number of halogens is 1. The van der Waals surface area contributed by atoms with Crippen molar-refractivity contribution in [2.45, 2.75) is 13.8 Å². The number of methoxy groups -OCH3 is 1. The number of carboxylic acids is 1. The highest BCUT2D eigenvalue weighted by molar-refractivity contribution is 5.96. The number of amides is 2. The van der Waals surface area contributed by atoms with Gasteiger partial charge < -0.3 is 20.1 Å². The lowest BCUT2D eigenvalue weighted by molar-refractivity contribution is -0.141. The zero-order chi connectivity index (χ0) is 17.7. The summed E-state index contributed by atoms with van der Waals surface area (Å²) in [5.41, 5.74) is 0.211. The maximum Gasteiger partial charge on any atom is 0.341 e. The number of aliphatic carboxylic acids is 1. The molecule has 1 aromatic carbocycles. The fraction of sp³-hybridized carbons (Fsp3) is 0.400. The highest BCUT2D eigenvalue weighted by Gasteiger charge is 2.21. The fourth-order valence-electron chi connectivity index (χ4n) is 1.95. The third-order valence-corrected chi connectivity index (χ3v) is 3.36. The van der Waals surface area contributed by atoms with Gasteiger partial charge in [-0.2, -0.15) is 0 Å². The highest BCUT2D eigenvalue weighted by Crippen LogP contribution is 2.23. The number of ether oxygens (including phenoxy) is 1. The van der Waals surface area contributed by atoms with Crippen molar-refractivity contribution >= 4 is 23.7 Å². The summed E-state index contributed by atoms with van der Waals surface area (Å²) >= 11 is 0. The lowest BCUT2D eigenvalue weighted by Crippen LogP contribution is -2.36. The first kappa shape index (κ1) is 18.4. The monoisotopic (exact) mass is 326 g/mol. The van der Waals surface area contributed by atoms with E-state index in [4.69, 9.17) is 5.11 Å². The normalized spacial score (nSPS) is 11.5. The van der Waals surface area contributed by atoms with Gasteiger partial charge in [-0.05, 0) is 24.6 Å². The molecule has 126 valence electrons. The third kappa shape index (κ3) is 4.41. The van der Waals surface area contributed by atoms with Crippen molar-refractivity contribution in [2.24, 2.45) is 5.92 Å². The zero-order valence-corrected chi connectivity index (χ0v) is 13.3. The Morgan fingerprint density at radius 1 is 1.39 bits per heavy atom. The van der Waals surface area contributed by atoms with E-state index in [1.54, 1.807) is 0 Å². The molecule has 0 aliphatic heterocycles. The van der Waals surface area contributed by atoms with E-state index in [2.05, 4.69) is 10.1 Å². The molecule has 2 N–H and O–H groups in total. The molecule has 0 bridgehead atoms. The summed E-state index contributed by atoms with van der Waals surface area (Å²) in [4.78, 5) is 35.7. The number of carbonyl (C=O) groups excluding carboxylic acids is 2. The van der Waals surface area contributed by atoms with Crippen LogP contribution in [0, 0.1) is 18.7 Å². The number of anilines is 1. The minimum absolute atomic E-state index is 0.00523. The van der Waals surface area contributed by atoms with Crippen molar-refractivity contribution in [3.63, 3.8) is 0 Å². The van der Waals surface area contributed by atoms with Crippen molar-refractivity contribution in [2.75, 3.05) is 26.0 Å². The van der Waals surface area contributed by atoms with Gasteiger partial charge in [0.05, 0.1) is 13.0 Å². The summed E-state index contributed by atoms with van der Waals surface area (Å²) in [6.07, 6.45) is 0. The van der Waals surface area contributed by atoms with Crippen LogP contribution in [0.2, 0.25) is 0 Å². The van der Waals surface area contributed by atoms with Crippen LogP contribution < -0.4 is 5.32 Å². The standard InChI is InChI=1S/C15H19FN2O5/c1-8(13(19)20)7-18(3)15(22)17-11-6-5-10(16)12(9(11)2)14(21)23-4/h5-6,8H,7H2,1-4H3,(H,17,22)(H,19,20). The molecule has 1 atom stereocenters. The minimum Gasteiger partial charge on any atom is -0.481 e. The lowest BCUT2D eigenvalue weighted by atomic mass is 10.1. The van der Waals surface area contributed by atoms with Crippen LogP contribution in [0.3, 0.4) is 0 Å². The predicted octanol–water partition coefficient (Wildman–Crippen LogP) is 2.11. The number of nitrogens with zero attached hydrogens (tertiary/aromatic N) is 1. The minimum atomic E-state index is -1.02. The molecule has 1 unspecified atom stereocenters. The van der Waals surface area contributed by atoms with Gasteiger partial charge in [0.15, 0.2) is 0 Å². The summed E-state index contributed by atoms with van der Waals surface area (Å²) in [6.45, 7) is 2.96. The van der Waals surface area contributed by atoms with Gasteiger partial charge in [0.25, 0.3) is 0 Å². The first-order valence-electron chi connectivity index (χ1n) is 6.81. The summed E-state index contributed by atoms with van der Waals surface area (Å²) in [5.74, 6) is -3.34. The van der Waals surface area contributed by atoms with Gasteiger partial charge in [-0.3, -0.25) is 4.79 Å². The molecule has 1 rings (SSSR count). The number of rotatable bonds is 5. The molecule has 1 aromatic rings. The molecule has 0 fully saturated rings. The Bertz CT molecular complexity index is 633. The number of urea groups is 1. The summed E-state index contributed by atoms with van der Waals surface area (Å²) in [6, 6.07) is 1.81. The molecule has 23 heavy (non-hydrogen) atoms. The number of hydrogen-bond acceptors (Lipinski definition) is 4. The number of carboxylic acid groups (broad SMARTS) is 1. The molecular weight excluding hydrogens is 307 g/mol. The molecule has 0 radical (unpaired) electrons. The van der Waals surface area contributed by atoms with Gasteiger partial charge in [-0.25, -0.2) is 14.0 Å². The van der Waals surface area contributed by atoms with Gasteiger partial charge in [0.1, 0.15) is 11.4 Å². The van der Waals surface area contributed by atoms with E-state index in [-0.39, 0.29) is 23.4 Å². The highest BCUT2D eigenvalue weighted by atomic mass is 19.1. The van der Waals surface area contributed by atoms with E-state index in [1.165, 1.54) is 31.9 Å². The van der Waals surface area contributed by atoms with Crippen LogP contribution >= 0.6 is 0 Å².